The van der Waals surface area contributed by atoms with Gasteiger partial charge >= 0.3 is 0 Å². The predicted octanol–water partition coefficient (Wildman–Crippen LogP) is 5.56. The number of hydrogen-bond donors (Lipinski definition) is 1. The third kappa shape index (κ3) is 7.26. The van der Waals surface area contributed by atoms with Crippen LogP contribution in [0.2, 0.25) is 5.02 Å². The summed E-state index contributed by atoms with van der Waals surface area (Å²) < 4.78 is 10.9. The summed E-state index contributed by atoms with van der Waals surface area (Å²) in [6, 6.07) is 22.3. The molecular formula is C30H33ClN2O4. The minimum Gasteiger partial charge on any atom is -0.454 e. The highest BCUT2D eigenvalue weighted by Gasteiger charge is 2.31. The zero-order valence-electron chi connectivity index (χ0n) is 21.3. The molecule has 0 saturated heterocycles. The van der Waals surface area contributed by atoms with Gasteiger partial charge in [0, 0.05) is 30.5 Å². The smallest absolute Gasteiger partial charge is 0.243 e. The van der Waals surface area contributed by atoms with E-state index in [0.29, 0.717) is 35.9 Å². The standard InChI is InChI=1S/C30H33ClN2O4/c1-3-21(2)32-30(35)26(17-22-7-5-4-6-8-22)33(19-24-9-13-25(31)14-10-24)29(34)16-12-23-11-15-27-28(18-23)37-20-36-27/h4-11,13-15,18,21,26H,3,12,16-17,19-20H2,1-2H3,(H,32,35)/t21-,26-/m0/s1. The Bertz CT molecular complexity index is 1200. The molecule has 0 aromatic heterocycles. The van der Waals surface area contributed by atoms with Crippen LogP contribution in [0.5, 0.6) is 11.5 Å². The number of nitrogens with zero attached hydrogens (tertiary/aromatic N) is 1. The van der Waals surface area contributed by atoms with E-state index in [1.54, 1.807) is 17.0 Å². The third-order valence-corrected chi connectivity index (χ3v) is 6.85. The van der Waals surface area contributed by atoms with E-state index in [0.717, 1.165) is 23.1 Å². The highest BCUT2D eigenvalue weighted by Crippen LogP contribution is 2.33. The molecule has 0 radical (unpaired) electrons. The van der Waals surface area contributed by atoms with Crippen molar-refractivity contribution in [2.75, 3.05) is 6.79 Å². The van der Waals surface area contributed by atoms with Gasteiger partial charge < -0.3 is 19.7 Å². The minimum atomic E-state index is -0.656. The highest BCUT2D eigenvalue weighted by molar-refractivity contribution is 6.30. The van der Waals surface area contributed by atoms with Gasteiger partial charge in [-0.05, 0) is 60.7 Å². The van der Waals surface area contributed by atoms with Gasteiger partial charge in [-0.3, -0.25) is 9.59 Å². The minimum absolute atomic E-state index is 0.00638. The van der Waals surface area contributed by atoms with Gasteiger partial charge in [0.2, 0.25) is 18.6 Å². The number of aryl methyl sites for hydroxylation is 1. The van der Waals surface area contributed by atoms with Crippen molar-refractivity contribution < 1.29 is 19.1 Å². The molecular weight excluding hydrogens is 488 g/mol. The molecule has 6 nitrogen and oxygen atoms in total. The van der Waals surface area contributed by atoms with Crippen LogP contribution in [0, 0.1) is 0 Å². The summed E-state index contributed by atoms with van der Waals surface area (Å²) >= 11 is 6.10. The van der Waals surface area contributed by atoms with E-state index >= 15 is 0 Å². The maximum absolute atomic E-state index is 13.8. The number of benzene rings is 3. The van der Waals surface area contributed by atoms with Gasteiger partial charge in [-0.25, -0.2) is 0 Å². The molecule has 1 aliphatic heterocycles. The average Bonchev–Trinajstić information content (AvgIpc) is 3.39. The molecule has 3 aromatic carbocycles. The lowest BCUT2D eigenvalue weighted by Gasteiger charge is -2.32. The molecule has 37 heavy (non-hydrogen) atoms. The molecule has 0 spiro atoms. The van der Waals surface area contributed by atoms with Gasteiger partial charge in [0.1, 0.15) is 6.04 Å². The van der Waals surface area contributed by atoms with Gasteiger partial charge in [-0.2, -0.15) is 0 Å². The lowest BCUT2D eigenvalue weighted by Crippen LogP contribution is -2.52. The zero-order valence-corrected chi connectivity index (χ0v) is 22.0. The molecule has 0 saturated carbocycles. The molecule has 1 aliphatic rings. The van der Waals surface area contributed by atoms with E-state index in [1.807, 2.05) is 74.5 Å². The van der Waals surface area contributed by atoms with Crippen LogP contribution < -0.4 is 14.8 Å². The Kier molecular flexibility index (Phi) is 9.07. The number of amides is 2. The van der Waals surface area contributed by atoms with E-state index in [-0.39, 0.29) is 31.1 Å². The number of ether oxygens (including phenoxy) is 2. The SMILES string of the molecule is CC[C@H](C)NC(=O)[C@H](Cc1ccccc1)N(Cc1ccc(Cl)cc1)C(=O)CCc1ccc2c(c1)OCO2. The van der Waals surface area contributed by atoms with Crippen molar-refractivity contribution in [2.24, 2.45) is 0 Å². The highest BCUT2D eigenvalue weighted by atomic mass is 35.5. The first kappa shape index (κ1) is 26.6. The topological polar surface area (TPSA) is 67.9 Å². The molecule has 4 rings (SSSR count). The van der Waals surface area contributed by atoms with Crippen LogP contribution >= 0.6 is 11.6 Å². The maximum atomic E-state index is 13.8. The van der Waals surface area contributed by atoms with Crippen LogP contribution in [0.15, 0.2) is 72.8 Å². The lowest BCUT2D eigenvalue weighted by molar-refractivity contribution is -0.141. The van der Waals surface area contributed by atoms with E-state index in [1.165, 1.54) is 0 Å². The maximum Gasteiger partial charge on any atom is 0.243 e. The first-order valence-corrected chi connectivity index (χ1v) is 13.1. The molecule has 194 valence electrons. The van der Waals surface area contributed by atoms with Crippen molar-refractivity contribution in [1.82, 2.24) is 10.2 Å². The van der Waals surface area contributed by atoms with Crippen molar-refractivity contribution in [3.05, 3.63) is 94.5 Å². The Morgan fingerprint density at radius 1 is 0.946 bits per heavy atom. The Labute approximate surface area is 223 Å². The van der Waals surface area contributed by atoms with E-state index in [9.17, 15) is 9.59 Å². The second-order valence-corrected chi connectivity index (χ2v) is 9.80. The Morgan fingerprint density at radius 3 is 2.38 bits per heavy atom. The fourth-order valence-electron chi connectivity index (χ4n) is 4.27. The Morgan fingerprint density at radius 2 is 1.65 bits per heavy atom. The van der Waals surface area contributed by atoms with E-state index in [4.69, 9.17) is 21.1 Å². The lowest BCUT2D eigenvalue weighted by atomic mass is 10.0. The van der Waals surface area contributed by atoms with Gasteiger partial charge in [-0.15, -0.1) is 0 Å². The summed E-state index contributed by atoms with van der Waals surface area (Å²) in [6.07, 6.45) is 2.01. The fourth-order valence-corrected chi connectivity index (χ4v) is 4.40. The van der Waals surface area contributed by atoms with Crippen molar-refractivity contribution in [1.29, 1.82) is 0 Å². The van der Waals surface area contributed by atoms with Crippen LogP contribution in [0.1, 0.15) is 43.4 Å². The zero-order chi connectivity index (χ0) is 26.2. The Hall–Kier alpha value is -3.51. The van der Waals surface area contributed by atoms with Crippen LogP contribution in [0.4, 0.5) is 0 Å². The van der Waals surface area contributed by atoms with Crippen molar-refractivity contribution >= 4 is 23.4 Å². The van der Waals surface area contributed by atoms with Gasteiger partial charge in [0.25, 0.3) is 0 Å². The van der Waals surface area contributed by atoms with Crippen molar-refractivity contribution in [3.63, 3.8) is 0 Å². The number of rotatable bonds is 11. The van der Waals surface area contributed by atoms with Crippen LogP contribution in [0.25, 0.3) is 0 Å². The van der Waals surface area contributed by atoms with Crippen molar-refractivity contribution in [3.8, 4) is 11.5 Å². The second-order valence-electron chi connectivity index (χ2n) is 9.36. The van der Waals surface area contributed by atoms with Gasteiger partial charge in [-0.1, -0.05) is 67.1 Å². The number of fused-ring (bicyclic) bond motifs is 1. The Balaban J connectivity index is 1.59. The monoisotopic (exact) mass is 520 g/mol. The summed E-state index contributed by atoms with van der Waals surface area (Å²) in [6.45, 7) is 4.52. The molecule has 2 amide bonds. The average molecular weight is 521 g/mol. The molecule has 0 bridgehead atoms. The molecule has 7 heteroatoms. The summed E-state index contributed by atoms with van der Waals surface area (Å²) in [5.41, 5.74) is 2.89. The molecule has 0 aliphatic carbocycles. The third-order valence-electron chi connectivity index (χ3n) is 6.60. The molecule has 0 fully saturated rings. The first-order chi connectivity index (χ1) is 17.9. The van der Waals surface area contributed by atoms with Gasteiger partial charge in [0.05, 0.1) is 0 Å². The molecule has 1 N–H and O–H groups in total. The summed E-state index contributed by atoms with van der Waals surface area (Å²) in [5.74, 6) is 1.17. The summed E-state index contributed by atoms with van der Waals surface area (Å²) in [7, 11) is 0. The first-order valence-electron chi connectivity index (χ1n) is 12.7. The van der Waals surface area contributed by atoms with Gasteiger partial charge in [0.15, 0.2) is 11.5 Å². The van der Waals surface area contributed by atoms with E-state index in [2.05, 4.69) is 5.32 Å². The number of carbonyl (C=O) groups excluding carboxylic acids is 2. The predicted molar refractivity (Wildman–Crippen MR) is 145 cm³/mol. The fraction of sp³-hybridized carbons (Fsp3) is 0.333. The largest absolute Gasteiger partial charge is 0.454 e. The molecule has 0 unspecified atom stereocenters. The number of halogens is 1. The van der Waals surface area contributed by atoms with Crippen LogP contribution in [-0.2, 0) is 29.0 Å². The normalized spacial score (nSPS) is 13.6. The summed E-state index contributed by atoms with van der Waals surface area (Å²) in [5, 5.41) is 3.72. The van der Waals surface area contributed by atoms with Crippen molar-refractivity contribution in [2.45, 2.75) is 58.2 Å². The number of carbonyl (C=O) groups is 2. The molecule has 1 heterocycles. The van der Waals surface area contributed by atoms with Crippen LogP contribution in [-0.4, -0.2) is 35.6 Å². The summed E-state index contributed by atoms with van der Waals surface area (Å²) in [4.78, 5) is 29.0. The van der Waals surface area contributed by atoms with Crippen LogP contribution in [0.3, 0.4) is 0 Å². The molecule has 2 atom stereocenters. The quantitative estimate of drug-likeness (QED) is 0.359. The molecule has 3 aromatic rings. The number of hydrogen-bond acceptors (Lipinski definition) is 4. The van der Waals surface area contributed by atoms with E-state index < -0.39 is 6.04 Å². The second kappa shape index (κ2) is 12.6. The number of nitrogens with one attached hydrogen (secondary N) is 1.